The molecule has 82 valence electrons. The molecule has 2 rings (SSSR count). The lowest BCUT2D eigenvalue weighted by Gasteiger charge is -2.02. The van der Waals surface area contributed by atoms with Crippen LogP contribution >= 0.6 is 11.6 Å². The van der Waals surface area contributed by atoms with Gasteiger partial charge in [-0.15, -0.1) is 0 Å². The molecule has 16 heavy (non-hydrogen) atoms. The summed E-state index contributed by atoms with van der Waals surface area (Å²) in [5.74, 6) is 0.738. The molecular formula is C11H9ClN2O2. The van der Waals surface area contributed by atoms with Crippen LogP contribution in [0.1, 0.15) is 0 Å². The first-order valence-corrected chi connectivity index (χ1v) is 4.98. The zero-order chi connectivity index (χ0) is 11.5. The Morgan fingerprint density at radius 1 is 1.31 bits per heavy atom. The third-order valence-electron chi connectivity index (χ3n) is 2.17. The molecule has 4 nitrogen and oxygen atoms in total. The second kappa shape index (κ2) is 4.37. The van der Waals surface area contributed by atoms with Gasteiger partial charge in [-0.2, -0.15) is 0 Å². The third kappa shape index (κ3) is 2.06. The SMILES string of the molecule is COc1ccc(-c2cnc(Cl)[nH]c2=O)cc1. The van der Waals surface area contributed by atoms with Crippen molar-refractivity contribution in [3.8, 4) is 16.9 Å². The molecule has 0 aliphatic heterocycles. The molecule has 0 amide bonds. The summed E-state index contributed by atoms with van der Waals surface area (Å²) in [6.07, 6.45) is 1.45. The summed E-state index contributed by atoms with van der Waals surface area (Å²) >= 11 is 5.57. The van der Waals surface area contributed by atoms with E-state index in [0.29, 0.717) is 5.56 Å². The Morgan fingerprint density at radius 2 is 2.00 bits per heavy atom. The highest BCUT2D eigenvalue weighted by Crippen LogP contribution is 2.18. The maximum absolute atomic E-state index is 11.6. The Balaban J connectivity index is 2.46. The zero-order valence-electron chi connectivity index (χ0n) is 8.53. The van der Waals surface area contributed by atoms with Crippen molar-refractivity contribution in [3.05, 3.63) is 46.1 Å². The smallest absolute Gasteiger partial charge is 0.259 e. The van der Waals surface area contributed by atoms with Gasteiger partial charge < -0.3 is 4.74 Å². The van der Waals surface area contributed by atoms with Crippen LogP contribution in [0.4, 0.5) is 0 Å². The van der Waals surface area contributed by atoms with Crippen molar-refractivity contribution in [3.63, 3.8) is 0 Å². The fourth-order valence-electron chi connectivity index (χ4n) is 1.35. The summed E-state index contributed by atoms with van der Waals surface area (Å²) in [4.78, 5) is 17.9. The zero-order valence-corrected chi connectivity index (χ0v) is 9.28. The van der Waals surface area contributed by atoms with Crippen molar-refractivity contribution in [1.82, 2.24) is 9.97 Å². The molecular weight excluding hydrogens is 228 g/mol. The molecule has 0 atom stereocenters. The van der Waals surface area contributed by atoms with Crippen LogP contribution in [-0.2, 0) is 0 Å². The van der Waals surface area contributed by atoms with Crippen molar-refractivity contribution in [2.45, 2.75) is 0 Å². The number of nitrogens with zero attached hydrogens (tertiary/aromatic N) is 1. The number of rotatable bonds is 2. The lowest BCUT2D eigenvalue weighted by molar-refractivity contribution is 0.415. The molecule has 0 radical (unpaired) electrons. The van der Waals surface area contributed by atoms with Crippen LogP contribution in [0.5, 0.6) is 5.75 Å². The lowest BCUT2D eigenvalue weighted by Crippen LogP contribution is -2.09. The highest BCUT2D eigenvalue weighted by molar-refractivity contribution is 6.28. The number of hydrogen-bond acceptors (Lipinski definition) is 3. The number of H-pyrrole nitrogens is 1. The predicted octanol–water partition coefficient (Wildman–Crippen LogP) is 2.10. The van der Waals surface area contributed by atoms with Crippen LogP contribution in [-0.4, -0.2) is 17.1 Å². The number of aromatic nitrogens is 2. The largest absolute Gasteiger partial charge is 0.497 e. The molecule has 0 bridgehead atoms. The normalized spacial score (nSPS) is 10.1. The van der Waals surface area contributed by atoms with Gasteiger partial charge in [0.25, 0.3) is 5.56 Å². The van der Waals surface area contributed by atoms with E-state index in [4.69, 9.17) is 16.3 Å². The van der Waals surface area contributed by atoms with Gasteiger partial charge in [-0.3, -0.25) is 9.78 Å². The molecule has 2 aromatic rings. The second-order valence-electron chi connectivity index (χ2n) is 3.15. The fourth-order valence-corrected chi connectivity index (χ4v) is 1.48. The number of methoxy groups -OCH3 is 1. The van der Waals surface area contributed by atoms with Crippen molar-refractivity contribution in [2.75, 3.05) is 7.11 Å². The minimum absolute atomic E-state index is 0.0854. The molecule has 1 aromatic heterocycles. The van der Waals surface area contributed by atoms with Crippen molar-refractivity contribution >= 4 is 11.6 Å². The van der Waals surface area contributed by atoms with E-state index < -0.39 is 0 Å². The van der Waals surface area contributed by atoms with Crippen LogP contribution in [0.25, 0.3) is 11.1 Å². The molecule has 0 saturated heterocycles. The standard InChI is InChI=1S/C11H9ClN2O2/c1-16-8-4-2-7(3-5-8)9-6-13-11(12)14-10(9)15/h2-6H,1H3,(H,13,14,15). The van der Waals surface area contributed by atoms with Crippen molar-refractivity contribution < 1.29 is 4.74 Å². The van der Waals surface area contributed by atoms with Gasteiger partial charge in [0.2, 0.25) is 5.28 Å². The minimum atomic E-state index is -0.259. The Hall–Kier alpha value is -1.81. The lowest BCUT2D eigenvalue weighted by atomic mass is 10.1. The van der Waals surface area contributed by atoms with Crippen LogP contribution in [0, 0.1) is 0 Å². The number of aromatic amines is 1. The summed E-state index contributed by atoms with van der Waals surface area (Å²) < 4.78 is 5.03. The molecule has 1 aromatic carbocycles. The van der Waals surface area contributed by atoms with E-state index in [2.05, 4.69) is 9.97 Å². The van der Waals surface area contributed by atoms with E-state index in [1.807, 2.05) is 0 Å². The number of ether oxygens (including phenoxy) is 1. The molecule has 1 N–H and O–H groups in total. The first-order valence-electron chi connectivity index (χ1n) is 4.60. The maximum Gasteiger partial charge on any atom is 0.259 e. The molecule has 5 heteroatoms. The Morgan fingerprint density at radius 3 is 2.56 bits per heavy atom. The summed E-state index contributed by atoms with van der Waals surface area (Å²) in [5, 5.41) is 0.0854. The summed E-state index contributed by atoms with van der Waals surface area (Å²) in [5.41, 5.74) is 0.989. The summed E-state index contributed by atoms with van der Waals surface area (Å²) in [6, 6.07) is 7.14. The van der Waals surface area contributed by atoms with Gasteiger partial charge in [0.1, 0.15) is 5.75 Å². The van der Waals surface area contributed by atoms with Gasteiger partial charge in [0.15, 0.2) is 0 Å². The van der Waals surface area contributed by atoms with E-state index in [-0.39, 0.29) is 10.8 Å². The quantitative estimate of drug-likeness (QED) is 0.813. The molecule has 0 unspecified atom stereocenters. The number of benzene rings is 1. The Labute approximate surface area is 96.9 Å². The highest BCUT2D eigenvalue weighted by atomic mass is 35.5. The first-order chi connectivity index (χ1) is 7.70. The van der Waals surface area contributed by atoms with E-state index in [9.17, 15) is 4.79 Å². The van der Waals surface area contributed by atoms with Crippen molar-refractivity contribution in [2.24, 2.45) is 0 Å². The monoisotopic (exact) mass is 236 g/mol. The summed E-state index contributed by atoms with van der Waals surface area (Å²) in [6.45, 7) is 0. The van der Waals surface area contributed by atoms with Gasteiger partial charge in [0, 0.05) is 6.20 Å². The van der Waals surface area contributed by atoms with E-state index in [1.165, 1.54) is 6.20 Å². The van der Waals surface area contributed by atoms with Gasteiger partial charge in [-0.05, 0) is 29.3 Å². The fraction of sp³-hybridized carbons (Fsp3) is 0.0909. The van der Waals surface area contributed by atoms with E-state index in [0.717, 1.165) is 11.3 Å². The van der Waals surface area contributed by atoms with E-state index >= 15 is 0 Å². The Bertz CT molecular complexity index is 549. The summed E-state index contributed by atoms with van der Waals surface area (Å²) in [7, 11) is 1.59. The van der Waals surface area contributed by atoms with Crippen LogP contribution < -0.4 is 10.3 Å². The molecule has 1 heterocycles. The molecule has 0 spiro atoms. The topological polar surface area (TPSA) is 55.0 Å². The van der Waals surface area contributed by atoms with Gasteiger partial charge in [-0.1, -0.05) is 12.1 Å². The van der Waals surface area contributed by atoms with Crippen molar-refractivity contribution in [1.29, 1.82) is 0 Å². The minimum Gasteiger partial charge on any atom is -0.497 e. The first kappa shape index (κ1) is 10.7. The van der Waals surface area contributed by atoms with E-state index in [1.54, 1.807) is 31.4 Å². The average Bonchev–Trinajstić information content (AvgIpc) is 2.29. The molecule has 0 aliphatic rings. The van der Waals surface area contributed by atoms with Crippen LogP contribution in [0.2, 0.25) is 5.28 Å². The second-order valence-corrected chi connectivity index (χ2v) is 3.50. The van der Waals surface area contributed by atoms with Gasteiger partial charge in [0.05, 0.1) is 12.7 Å². The molecule has 0 saturated carbocycles. The van der Waals surface area contributed by atoms with Gasteiger partial charge >= 0.3 is 0 Å². The highest BCUT2D eigenvalue weighted by Gasteiger charge is 2.04. The van der Waals surface area contributed by atoms with Gasteiger partial charge in [-0.25, -0.2) is 4.98 Å². The maximum atomic E-state index is 11.6. The third-order valence-corrected chi connectivity index (χ3v) is 2.36. The van der Waals surface area contributed by atoms with Crippen LogP contribution in [0.15, 0.2) is 35.3 Å². The average molecular weight is 237 g/mol. The molecule has 0 fully saturated rings. The molecule has 0 aliphatic carbocycles. The predicted molar refractivity (Wildman–Crippen MR) is 61.9 cm³/mol. The Kier molecular flexibility index (Phi) is 2.92. The number of halogens is 1. The number of hydrogen-bond donors (Lipinski definition) is 1. The number of nitrogens with one attached hydrogen (secondary N) is 1. The van der Waals surface area contributed by atoms with Crippen LogP contribution in [0.3, 0.4) is 0 Å².